The normalized spacial score (nSPS) is 18.5. The van der Waals surface area contributed by atoms with E-state index in [4.69, 9.17) is 25.8 Å². The first-order chi connectivity index (χ1) is 17.2. The number of nitrogens with zero attached hydrogens (tertiary/aromatic N) is 3. The van der Waals surface area contributed by atoms with Crippen LogP contribution in [0.4, 0.5) is 4.79 Å². The third-order valence-corrected chi connectivity index (χ3v) is 6.71. The van der Waals surface area contributed by atoms with Gasteiger partial charge in [-0.1, -0.05) is 23.7 Å². The molecule has 0 bridgehead atoms. The van der Waals surface area contributed by atoms with Crippen molar-refractivity contribution >= 4 is 34.5 Å². The van der Waals surface area contributed by atoms with E-state index in [0.29, 0.717) is 32.9 Å². The first-order valence-corrected chi connectivity index (χ1v) is 13.3. The van der Waals surface area contributed by atoms with Gasteiger partial charge in [-0.25, -0.2) is 4.79 Å². The fraction of sp³-hybridized carbons (Fsp3) is 0.630. The molecule has 1 saturated heterocycles. The van der Waals surface area contributed by atoms with Crippen LogP contribution in [0.5, 0.6) is 0 Å². The number of amides is 2. The predicted octanol–water partition coefficient (Wildman–Crippen LogP) is 4.85. The average molecular weight is 520 g/mol. The Hall–Kier alpha value is -2.29. The number of morpholine rings is 1. The number of aryl methyl sites for hydroxylation is 1. The van der Waals surface area contributed by atoms with Crippen molar-refractivity contribution in [2.45, 2.75) is 77.8 Å². The first kappa shape index (κ1) is 26.8. The zero-order valence-corrected chi connectivity index (χ0v) is 22.6. The van der Waals surface area contributed by atoms with E-state index >= 15 is 0 Å². The molecule has 1 atom stereocenters. The molecule has 1 aliphatic carbocycles. The Kier molecular flexibility index (Phi) is 8.48. The van der Waals surface area contributed by atoms with Gasteiger partial charge in [-0.05, 0) is 58.6 Å². The van der Waals surface area contributed by atoms with Crippen molar-refractivity contribution in [2.75, 3.05) is 32.9 Å². The van der Waals surface area contributed by atoms with Gasteiger partial charge in [0.2, 0.25) is 0 Å². The minimum absolute atomic E-state index is 0.0732. The summed E-state index contributed by atoms with van der Waals surface area (Å²) in [6.45, 7) is 11.2. The van der Waals surface area contributed by atoms with Gasteiger partial charge in [0.25, 0.3) is 5.91 Å². The van der Waals surface area contributed by atoms with Gasteiger partial charge < -0.3 is 28.6 Å². The third kappa shape index (κ3) is 6.72. The molecule has 1 aliphatic heterocycles. The maximum atomic E-state index is 13.6. The molecular weight excluding hydrogens is 482 g/mol. The topological polar surface area (TPSA) is 73.2 Å². The van der Waals surface area contributed by atoms with Crippen LogP contribution in [-0.4, -0.2) is 77.0 Å². The lowest BCUT2D eigenvalue weighted by molar-refractivity contribution is -0.150. The number of carbonyl (C=O) groups excluding carboxylic acids is 2. The molecule has 1 aromatic heterocycles. The highest BCUT2D eigenvalue weighted by molar-refractivity contribution is 6.35. The van der Waals surface area contributed by atoms with Crippen LogP contribution in [0, 0.1) is 0 Å². The Balaban J connectivity index is 1.46. The van der Waals surface area contributed by atoms with Gasteiger partial charge in [0.15, 0.2) is 6.10 Å². The fourth-order valence-corrected chi connectivity index (χ4v) is 4.78. The monoisotopic (exact) mass is 519 g/mol. The van der Waals surface area contributed by atoms with E-state index < -0.39 is 17.8 Å². The second-order valence-corrected chi connectivity index (χ2v) is 11.0. The molecule has 0 N–H and O–H groups in total. The zero-order chi connectivity index (χ0) is 25.9. The standard InChI is InChI=1S/C27H38ClN3O5/c1-5-34-13-6-11-29-17-22(28)21-10-7-19(15-23(21)29)16-31(20-8-9-20)25(32)24-18-30(12-14-35-24)26(33)36-27(2,3)4/h7,10,15,17,20,24H,5-6,8-9,11-14,16,18H2,1-4H3. The van der Waals surface area contributed by atoms with Gasteiger partial charge in [-0.2, -0.15) is 0 Å². The van der Waals surface area contributed by atoms with Crippen molar-refractivity contribution in [1.29, 1.82) is 0 Å². The van der Waals surface area contributed by atoms with Crippen molar-refractivity contribution in [3.8, 4) is 0 Å². The van der Waals surface area contributed by atoms with E-state index in [1.165, 1.54) is 0 Å². The first-order valence-electron chi connectivity index (χ1n) is 12.9. The number of hydrogen-bond acceptors (Lipinski definition) is 5. The van der Waals surface area contributed by atoms with Gasteiger partial charge >= 0.3 is 6.09 Å². The SMILES string of the molecule is CCOCCCn1cc(Cl)c2ccc(CN(C(=O)C3CN(C(=O)OC(C)(C)C)CCO3)C3CC3)cc21. The van der Waals surface area contributed by atoms with Crippen LogP contribution in [-0.2, 0) is 32.1 Å². The van der Waals surface area contributed by atoms with Crippen LogP contribution in [0.3, 0.4) is 0 Å². The summed E-state index contributed by atoms with van der Waals surface area (Å²) in [4.78, 5) is 29.6. The summed E-state index contributed by atoms with van der Waals surface area (Å²) in [5.41, 5.74) is 1.52. The van der Waals surface area contributed by atoms with Gasteiger partial charge in [-0.3, -0.25) is 4.79 Å². The van der Waals surface area contributed by atoms with Crippen molar-refractivity contribution in [2.24, 2.45) is 0 Å². The van der Waals surface area contributed by atoms with E-state index in [1.54, 1.807) is 4.90 Å². The van der Waals surface area contributed by atoms with Crippen LogP contribution in [0.15, 0.2) is 24.4 Å². The van der Waals surface area contributed by atoms with Crippen LogP contribution < -0.4 is 0 Å². The second kappa shape index (κ2) is 11.4. The number of benzene rings is 1. The van der Waals surface area contributed by atoms with Gasteiger partial charge in [-0.15, -0.1) is 0 Å². The summed E-state index contributed by atoms with van der Waals surface area (Å²) in [5, 5.41) is 1.73. The van der Waals surface area contributed by atoms with Gasteiger partial charge in [0, 0.05) is 56.0 Å². The lowest BCUT2D eigenvalue weighted by Crippen LogP contribution is -2.53. The number of rotatable bonds is 9. The Morgan fingerprint density at radius 1 is 1.25 bits per heavy atom. The predicted molar refractivity (Wildman–Crippen MR) is 139 cm³/mol. The summed E-state index contributed by atoms with van der Waals surface area (Å²) in [6.07, 6.45) is 3.73. The largest absolute Gasteiger partial charge is 0.444 e. The van der Waals surface area contributed by atoms with Crippen LogP contribution in [0.2, 0.25) is 5.02 Å². The molecule has 8 nitrogen and oxygen atoms in total. The number of carbonyl (C=O) groups is 2. The van der Waals surface area contributed by atoms with Crippen LogP contribution in [0.25, 0.3) is 10.9 Å². The summed E-state index contributed by atoms with van der Waals surface area (Å²) >= 11 is 6.49. The molecule has 2 amide bonds. The van der Waals surface area contributed by atoms with E-state index in [-0.39, 0.29) is 18.5 Å². The smallest absolute Gasteiger partial charge is 0.410 e. The third-order valence-electron chi connectivity index (χ3n) is 6.41. The Labute approximate surface area is 218 Å². The fourth-order valence-electron chi connectivity index (χ4n) is 4.50. The summed E-state index contributed by atoms with van der Waals surface area (Å²) in [6, 6.07) is 6.40. The molecule has 9 heteroatoms. The van der Waals surface area contributed by atoms with Crippen molar-refractivity contribution in [1.82, 2.24) is 14.4 Å². The van der Waals surface area contributed by atoms with Gasteiger partial charge in [0.05, 0.1) is 18.2 Å². The van der Waals surface area contributed by atoms with E-state index in [9.17, 15) is 9.59 Å². The number of ether oxygens (including phenoxy) is 3. The summed E-state index contributed by atoms with van der Waals surface area (Å²) in [7, 11) is 0. The maximum absolute atomic E-state index is 13.6. The van der Waals surface area contributed by atoms with Crippen LogP contribution in [0.1, 0.15) is 52.5 Å². The summed E-state index contributed by atoms with van der Waals surface area (Å²) in [5.74, 6) is -0.0732. The molecule has 2 fully saturated rings. The molecule has 1 saturated carbocycles. The quantitative estimate of drug-likeness (QED) is 0.443. The number of aromatic nitrogens is 1. The number of fused-ring (bicyclic) bond motifs is 1. The Bertz CT molecular complexity index is 1080. The highest BCUT2D eigenvalue weighted by atomic mass is 35.5. The number of hydrogen-bond donors (Lipinski definition) is 0. The van der Waals surface area contributed by atoms with Crippen molar-refractivity contribution < 1.29 is 23.8 Å². The lowest BCUT2D eigenvalue weighted by atomic mass is 10.1. The molecule has 0 radical (unpaired) electrons. The van der Waals surface area contributed by atoms with E-state index in [2.05, 4.69) is 10.6 Å². The highest BCUT2D eigenvalue weighted by Crippen LogP contribution is 2.32. The molecular formula is C27H38ClN3O5. The molecule has 198 valence electrons. The molecule has 2 aliphatic rings. The maximum Gasteiger partial charge on any atom is 0.410 e. The lowest BCUT2D eigenvalue weighted by Gasteiger charge is -2.36. The molecule has 4 rings (SSSR count). The second-order valence-electron chi connectivity index (χ2n) is 10.6. The molecule has 2 aromatic rings. The Morgan fingerprint density at radius 3 is 2.72 bits per heavy atom. The molecule has 1 aromatic carbocycles. The van der Waals surface area contributed by atoms with Crippen LogP contribution >= 0.6 is 11.6 Å². The molecule has 36 heavy (non-hydrogen) atoms. The molecule has 2 heterocycles. The van der Waals surface area contributed by atoms with Gasteiger partial charge in [0.1, 0.15) is 5.60 Å². The molecule has 0 spiro atoms. The minimum atomic E-state index is -0.688. The Morgan fingerprint density at radius 2 is 2.03 bits per heavy atom. The molecule has 1 unspecified atom stereocenters. The van der Waals surface area contributed by atoms with E-state index in [1.807, 2.05) is 50.9 Å². The van der Waals surface area contributed by atoms with Crippen molar-refractivity contribution in [3.63, 3.8) is 0 Å². The van der Waals surface area contributed by atoms with Crippen molar-refractivity contribution in [3.05, 3.63) is 35.0 Å². The number of halogens is 1. The van der Waals surface area contributed by atoms with E-state index in [0.717, 1.165) is 47.3 Å². The average Bonchev–Trinajstić information content (AvgIpc) is 3.63. The highest BCUT2D eigenvalue weighted by Gasteiger charge is 2.39. The summed E-state index contributed by atoms with van der Waals surface area (Å²) < 4.78 is 19.0. The zero-order valence-electron chi connectivity index (χ0n) is 21.8. The minimum Gasteiger partial charge on any atom is -0.444 e.